The van der Waals surface area contributed by atoms with E-state index in [2.05, 4.69) is 10.1 Å². The van der Waals surface area contributed by atoms with Crippen LogP contribution in [0.4, 0.5) is 5.69 Å². The Morgan fingerprint density at radius 2 is 1.63 bits per heavy atom. The second-order valence-corrected chi connectivity index (χ2v) is 7.58. The molecular weight excluding hydrogens is 368 g/mol. The molecule has 2 aromatic rings. The molecule has 0 saturated carbocycles. The van der Waals surface area contributed by atoms with Crippen LogP contribution in [0, 0.1) is 0 Å². The highest BCUT2D eigenvalue weighted by Gasteiger charge is 2.21. The van der Waals surface area contributed by atoms with Crippen molar-refractivity contribution in [2.24, 2.45) is 0 Å². The van der Waals surface area contributed by atoms with Crippen molar-refractivity contribution in [3.05, 3.63) is 59.7 Å². The number of hydrogen-bond acceptors (Lipinski definition) is 5. The van der Waals surface area contributed by atoms with Gasteiger partial charge in [0.25, 0.3) is 5.91 Å². The second kappa shape index (κ2) is 8.79. The Morgan fingerprint density at radius 3 is 2.19 bits per heavy atom. The van der Waals surface area contributed by atoms with Crippen molar-refractivity contribution in [1.29, 1.82) is 0 Å². The Bertz CT molecular complexity index is 919. The summed E-state index contributed by atoms with van der Waals surface area (Å²) in [4.78, 5) is 24.1. The Hall–Kier alpha value is -2.71. The normalized spacial score (nSPS) is 11.3. The van der Waals surface area contributed by atoms with Gasteiger partial charge >= 0.3 is 5.97 Å². The van der Waals surface area contributed by atoms with Crippen LogP contribution in [-0.2, 0) is 14.8 Å². The average molecular weight is 390 g/mol. The highest BCUT2D eigenvalue weighted by molar-refractivity contribution is 7.89. The van der Waals surface area contributed by atoms with Gasteiger partial charge in [0, 0.05) is 24.3 Å². The number of hydrogen-bond donors (Lipinski definition) is 1. The van der Waals surface area contributed by atoms with E-state index in [9.17, 15) is 18.0 Å². The van der Waals surface area contributed by atoms with Gasteiger partial charge in [0.1, 0.15) is 0 Å². The first-order valence-corrected chi connectivity index (χ1v) is 9.87. The van der Waals surface area contributed by atoms with E-state index in [4.69, 9.17) is 0 Å². The SMILES string of the molecule is CCN(CC)S(=O)(=O)c1ccc(C(=O)Nc2cccc(C(=O)OC)c2)cc1. The molecule has 0 radical (unpaired) electrons. The molecule has 0 atom stereocenters. The number of ether oxygens (including phenoxy) is 1. The zero-order chi connectivity index (χ0) is 20.0. The minimum absolute atomic E-state index is 0.135. The Balaban J connectivity index is 2.18. The molecule has 0 fully saturated rings. The molecular formula is C19H22N2O5S. The lowest BCUT2D eigenvalue weighted by Crippen LogP contribution is -2.30. The number of amides is 1. The molecule has 0 saturated heterocycles. The van der Waals surface area contributed by atoms with Crippen LogP contribution in [0.25, 0.3) is 0 Å². The number of carbonyl (C=O) groups excluding carboxylic acids is 2. The summed E-state index contributed by atoms with van der Waals surface area (Å²) in [7, 11) is -2.29. The third kappa shape index (κ3) is 4.72. The van der Waals surface area contributed by atoms with Crippen molar-refractivity contribution in [2.45, 2.75) is 18.7 Å². The monoisotopic (exact) mass is 390 g/mol. The van der Waals surface area contributed by atoms with Crippen molar-refractivity contribution in [3.63, 3.8) is 0 Å². The summed E-state index contributed by atoms with van der Waals surface area (Å²) in [5, 5.41) is 2.67. The lowest BCUT2D eigenvalue weighted by atomic mass is 10.1. The number of carbonyl (C=O) groups is 2. The van der Waals surface area contributed by atoms with Gasteiger partial charge in [0.15, 0.2) is 0 Å². The fourth-order valence-corrected chi connectivity index (χ4v) is 3.99. The summed E-state index contributed by atoms with van der Waals surface area (Å²) < 4.78 is 31.0. The van der Waals surface area contributed by atoms with Crippen LogP contribution in [0.5, 0.6) is 0 Å². The van der Waals surface area contributed by atoms with Crippen molar-refractivity contribution in [3.8, 4) is 0 Å². The summed E-state index contributed by atoms with van der Waals surface area (Å²) in [6.45, 7) is 4.28. The first kappa shape index (κ1) is 20.6. The van der Waals surface area contributed by atoms with Crippen molar-refractivity contribution >= 4 is 27.6 Å². The molecule has 1 amide bonds. The van der Waals surface area contributed by atoms with Gasteiger partial charge in [-0.15, -0.1) is 0 Å². The summed E-state index contributed by atoms with van der Waals surface area (Å²) in [5.41, 5.74) is 1.05. The van der Waals surface area contributed by atoms with Gasteiger partial charge in [-0.3, -0.25) is 4.79 Å². The minimum atomic E-state index is -3.57. The van der Waals surface area contributed by atoms with E-state index in [1.165, 1.54) is 41.7 Å². The van der Waals surface area contributed by atoms with Crippen molar-refractivity contribution < 1.29 is 22.7 Å². The maximum absolute atomic E-state index is 12.5. The zero-order valence-corrected chi connectivity index (χ0v) is 16.2. The molecule has 8 heteroatoms. The first-order chi connectivity index (χ1) is 12.8. The fraction of sp³-hybridized carbons (Fsp3) is 0.263. The standard InChI is InChI=1S/C19H22N2O5S/c1-4-21(5-2)27(24,25)17-11-9-14(10-12-17)18(22)20-16-8-6-7-15(13-16)19(23)26-3/h6-13H,4-5H2,1-3H3,(H,20,22). The maximum atomic E-state index is 12.5. The van der Waals surface area contributed by atoms with Crippen LogP contribution in [0.15, 0.2) is 53.4 Å². The number of esters is 1. The minimum Gasteiger partial charge on any atom is -0.465 e. The van der Waals surface area contributed by atoms with Crippen LogP contribution >= 0.6 is 0 Å². The maximum Gasteiger partial charge on any atom is 0.337 e. The van der Waals surface area contributed by atoms with Crippen LogP contribution in [0.1, 0.15) is 34.6 Å². The van der Waals surface area contributed by atoms with E-state index in [0.717, 1.165) is 0 Å². The summed E-state index contributed by atoms with van der Waals surface area (Å²) in [6.07, 6.45) is 0. The quantitative estimate of drug-likeness (QED) is 0.734. The molecule has 2 rings (SSSR count). The van der Waals surface area contributed by atoms with E-state index >= 15 is 0 Å². The van der Waals surface area contributed by atoms with Gasteiger partial charge in [0.05, 0.1) is 17.6 Å². The molecule has 7 nitrogen and oxygen atoms in total. The molecule has 27 heavy (non-hydrogen) atoms. The molecule has 0 aliphatic heterocycles. The number of rotatable bonds is 7. The van der Waals surface area contributed by atoms with Gasteiger partial charge in [0.2, 0.25) is 10.0 Å². The lowest BCUT2D eigenvalue weighted by Gasteiger charge is -2.18. The van der Waals surface area contributed by atoms with E-state index in [-0.39, 0.29) is 4.90 Å². The first-order valence-electron chi connectivity index (χ1n) is 8.43. The topological polar surface area (TPSA) is 92.8 Å². The predicted octanol–water partition coefficient (Wildman–Crippen LogP) is 2.76. The predicted molar refractivity (Wildman–Crippen MR) is 102 cm³/mol. The van der Waals surface area contributed by atoms with Crippen molar-refractivity contribution in [2.75, 3.05) is 25.5 Å². The zero-order valence-electron chi connectivity index (χ0n) is 15.4. The lowest BCUT2D eigenvalue weighted by molar-refractivity contribution is 0.0600. The van der Waals surface area contributed by atoms with Crippen LogP contribution in [0.2, 0.25) is 0 Å². The van der Waals surface area contributed by atoms with Crippen LogP contribution in [-0.4, -0.2) is 44.8 Å². The van der Waals surface area contributed by atoms with Gasteiger partial charge in [-0.2, -0.15) is 4.31 Å². The number of methoxy groups -OCH3 is 1. The number of sulfonamides is 1. The smallest absolute Gasteiger partial charge is 0.337 e. The summed E-state index contributed by atoms with van der Waals surface area (Å²) in [6, 6.07) is 12.1. The molecule has 0 bridgehead atoms. The Kier molecular flexibility index (Phi) is 6.70. The third-order valence-corrected chi connectivity index (χ3v) is 6.07. The number of anilines is 1. The number of nitrogens with zero attached hydrogens (tertiary/aromatic N) is 1. The fourth-order valence-electron chi connectivity index (χ4n) is 2.54. The molecule has 0 aromatic heterocycles. The molecule has 0 spiro atoms. The third-order valence-electron chi connectivity index (χ3n) is 4.00. The largest absolute Gasteiger partial charge is 0.465 e. The molecule has 0 unspecified atom stereocenters. The van der Waals surface area contributed by atoms with Crippen LogP contribution in [0.3, 0.4) is 0 Å². The average Bonchev–Trinajstić information content (AvgIpc) is 2.68. The summed E-state index contributed by atoms with van der Waals surface area (Å²) >= 11 is 0. The molecule has 1 N–H and O–H groups in total. The van der Waals surface area contributed by atoms with E-state index in [0.29, 0.717) is 29.9 Å². The van der Waals surface area contributed by atoms with E-state index in [1.807, 2.05) is 0 Å². The van der Waals surface area contributed by atoms with Gasteiger partial charge in [-0.25, -0.2) is 13.2 Å². The highest BCUT2D eigenvalue weighted by atomic mass is 32.2. The summed E-state index contributed by atoms with van der Waals surface area (Å²) in [5.74, 6) is -0.916. The molecule has 0 aliphatic carbocycles. The van der Waals surface area contributed by atoms with E-state index in [1.54, 1.807) is 32.0 Å². The molecule has 0 heterocycles. The van der Waals surface area contributed by atoms with Crippen LogP contribution < -0.4 is 5.32 Å². The van der Waals surface area contributed by atoms with Crippen molar-refractivity contribution in [1.82, 2.24) is 4.31 Å². The van der Waals surface area contributed by atoms with E-state index < -0.39 is 21.9 Å². The van der Waals surface area contributed by atoms with Gasteiger partial charge < -0.3 is 10.1 Å². The molecule has 2 aromatic carbocycles. The van der Waals surface area contributed by atoms with Gasteiger partial charge in [-0.1, -0.05) is 19.9 Å². The Morgan fingerprint density at radius 1 is 1.00 bits per heavy atom. The highest BCUT2D eigenvalue weighted by Crippen LogP contribution is 2.18. The number of nitrogens with one attached hydrogen (secondary N) is 1. The second-order valence-electron chi connectivity index (χ2n) is 5.64. The van der Waals surface area contributed by atoms with Gasteiger partial charge in [-0.05, 0) is 42.5 Å². The number of benzene rings is 2. The molecule has 0 aliphatic rings. The molecule has 144 valence electrons. The Labute approximate surface area is 159 Å².